The molecule has 13 unspecified atom stereocenters. The molecule has 4 N–H and O–H groups in total. The molecule has 4 fully saturated rings. The molecule has 4 rings (SSSR count). The molecule has 240 valence electrons. The lowest BCUT2D eigenvalue weighted by Crippen LogP contribution is -2.58. The lowest BCUT2D eigenvalue weighted by molar-refractivity contribution is -0.156. The summed E-state index contributed by atoms with van der Waals surface area (Å²) in [7, 11) is -9.73. The molecule has 12 heteroatoms. The summed E-state index contributed by atoms with van der Waals surface area (Å²) >= 11 is 0. The second-order valence-corrected chi connectivity index (χ2v) is 17.5. The van der Waals surface area contributed by atoms with Gasteiger partial charge in [-0.1, -0.05) is 48.5 Å². The fourth-order valence-electron chi connectivity index (χ4n) is 10.0. The van der Waals surface area contributed by atoms with E-state index in [1.165, 1.54) is 0 Å². The van der Waals surface area contributed by atoms with Gasteiger partial charge in [-0.05, 0) is 109 Å². The van der Waals surface area contributed by atoms with Crippen LogP contribution in [-0.4, -0.2) is 60.6 Å². The normalized spacial score (nSPS) is 42.9. The highest BCUT2D eigenvalue weighted by Crippen LogP contribution is 2.68. The van der Waals surface area contributed by atoms with Gasteiger partial charge < -0.3 is 10.2 Å². The number of hydrogen-bond acceptors (Lipinski definition) is 8. The van der Waals surface area contributed by atoms with Crippen LogP contribution in [0.5, 0.6) is 0 Å². The van der Waals surface area contributed by atoms with Crippen molar-refractivity contribution in [1.82, 2.24) is 0 Å². The van der Waals surface area contributed by atoms with Crippen LogP contribution in [0.15, 0.2) is 0 Å². The lowest BCUT2D eigenvalue weighted by atomic mass is 9.44. The van der Waals surface area contributed by atoms with Crippen LogP contribution in [0, 0.1) is 57.7 Å². The highest BCUT2D eigenvalue weighted by Gasteiger charge is 2.63. The Morgan fingerprint density at radius 1 is 0.780 bits per heavy atom. The fraction of sp³-hybridized carbons (Fsp3) is 1.00. The number of rotatable bonds is 8. The van der Waals surface area contributed by atoms with Crippen LogP contribution in [0.1, 0.15) is 99.8 Å². The minimum absolute atomic E-state index is 0.00503. The molecule has 10 nitrogen and oxygen atoms in total. The van der Waals surface area contributed by atoms with Crippen molar-refractivity contribution < 1.29 is 44.5 Å². The van der Waals surface area contributed by atoms with Crippen LogP contribution in [-0.2, 0) is 29.2 Å². The van der Waals surface area contributed by atoms with E-state index in [1.807, 2.05) is 6.92 Å². The molecular formula is C29H52O10S2. The lowest BCUT2D eigenvalue weighted by Gasteiger charge is -2.62. The summed E-state index contributed by atoms with van der Waals surface area (Å²) in [4.78, 5) is 0. The van der Waals surface area contributed by atoms with E-state index in [-0.39, 0.29) is 58.7 Å². The molecule has 0 aliphatic heterocycles. The molecule has 13 atom stereocenters. The van der Waals surface area contributed by atoms with Crippen molar-refractivity contribution in [3.8, 4) is 0 Å². The summed E-state index contributed by atoms with van der Waals surface area (Å²) in [6, 6.07) is 0. The number of aliphatic hydroxyl groups is 2. The third-order valence-electron chi connectivity index (χ3n) is 12.6. The first-order valence-electron chi connectivity index (χ1n) is 15.3. The van der Waals surface area contributed by atoms with Crippen LogP contribution in [0.3, 0.4) is 0 Å². The Hall–Kier alpha value is -0.340. The average molecular weight is 625 g/mol. The van der Waals surface area contributed by atoms with Gasteiger partial charge in [-0.2, -0.15) is 16.8 Å². The predicted molar refractivity (Wildman–Crippen MR) is 153 cm³/mol. The van der Waals surface area contributed by atoms with Crippen molar-refractivity contribution in [2.75, 3.05) is 0 Å². The standard InChI is InChI=1S/C29H52O10S2/c1-16(25(30)26(31)17(2)27(3,4)5)20-10-11-21-19-9-8-18-14-23(38-40(32,33)34)24(39-41(35,36)37)15-29(18,7)22(19)12-13-28(20,21)6/h16-26,30-31H,8-15H2,1-7H3,(H,32,33,34)(H,35,36,37). The maximum atomic E-state index is 11.7. The zero-order valence-electron chi connectivity index (χ0n) is 25.6. The Kier molecular flexibility index (Phi) is 9.19. The second kappa shape index (κ2) is 11.2. The minimum atomic E-state index is -4.88. The van der Waals surface area contributed by atoms with Gasteiger partial charge >= 0.3 is 20.8 Å². The minimum Gasteiger partial charge on any atom is -0.390 e. The first-order chi connectivity index (χ1) is 18.6. The van der Waals surface area contributed by atoms with Gasteiger partial charge in [0.15, 0.2) is 0 Å². The molecule has 41 heavy (non-hydrogen) atoms. The summed E-state index contributed by atoms with van der Waals surface area (Å²) in [6.07, 6.45) is 1.98. The number of hydrogen-bond donors (Lipinski definition) is 4. The molecule has 0 aromatic rings. The Morgan fingerprint density at radius 2 is 1.34 bits per heavy atom. The van der Waals surface area contributed by atoms with Crippen molar-refractivity contribution >= 4 is 20.8 Å². The van der Waals surface area contributed by atoms with Crippen molar-refractivity contribution in [1.29, 1.82) is 0 Å². The van der Waals surface area contributed by atoms with E-state index >= 15 is 0 Å². The van der Waals surface area contributed by atoms with E-state index in [1.54, 1.807) is 0 Å². The monoisotopic (exact) mass is 624 g/mol. The topological polar surface area (TPSA) is 168 Å². The molecule has 4 saturated carbocycles. The van der Waals surface area contributed by atoms with Crippen molar-refractivity contribution in [2.45, 2.75) is 124 Å². The van der Waals surface area contributed by atoms with Gasteiger partial charge in [0.2, 0.25) is 0 Å². The maximum Gasteiger partial charge on any atom is 0.397 e. The van der Waals surface area contributed by atoms with Gasteiger partial charge in [0.1, 0.15) is 12.2 Å². The van der Waals surface area contributed by atoms with E-state index in [9.17, 15) is 36.2 Å². The second-order valence-electron chi connectivity index (χ2n) is 15.4. The first-order valence-corrected chi connectivity index (χ1v) is 18.0. The fourth-order valence-corrected chi connectivity index (χ4v) is 11.0. The molecule has 0 radical (unpaired) electrons. The van der Waals surface area contributed by atoms with E-state index in [4.69, 9.17) is 8.37 Å². The molecule has 0 heterocycles. The van der Waals surface area contributed by atoms with Gasteiger partial charge in [0, 0.05) is 0 Å². The van der Waals surface area contributed by atoms with Gasteiger partial charge in [-0.15, -0.1) is 0 Å². The largest absolute Gasteiger partial charge is 0.397 e. The predicted octanol–water partition coefficient (Wildman–Crippen LogP) is 4.67. The molecule has 0 aromatic heterocycles. The third-order valence-corrected chi connectivity index (χ3v) is 13.6. The zero-order chi connectivity index (χ0) is 30.9. The molecule has 0 amide bonds. The molecular weight excluding hydrogens is 572 g/mol. The van der Waals surface area contributed by atoms with Crippen molar-refractivity contribution in [3.05, 3.63) is 0 Å². The van der Waals surface area contributed by atoms with E-state index in [2.05, 4.69) is 41.5 Å². The third kappa shape index (κ3) is 6.55. The van der Waals surface area contributed by atoms with Crippen molar-refractivity contribution in [3.63, 3.8) is 0 Å². The summed E-state index contributed by atoms with van der Waals surface area (Å²) in [5.41, 5.74) is -0.484. The molecule has 0 saturated heterocycles. The number of fused-ring (bicyclic) bond motifs is 5. The summed E-state index contributed by atoms with van der Waals surface area (Å²) in [5.74, 6) is 1.25. The summed E-state index contributed by atoms with van der Waals surface area (Å²) < 4.78 is 75.0. The molecule has 0 aromatic carbocycles. The number of aliphatic hydroxyl groups excluding tert-OH is 2. The van der Waals surface area contributed by atoms with Gasteiger partial charge in [-0.3, -0.25) is 9.11 Å². The van der Waals surface area contributed by atoms with Crippen LogP contribution < -0.4 is 0 Å². The quantitative estimate of drug-likeness (QED) is 0.279. The molecule has 0 spiro atoms. The maximum absolute atomic E-state index is 11.7. The van der Waals surface area contributed by atoms with Gasteiger partial charge in [-0.25, -0.2) is 8.37 Å². The van der Waals surface area contributed by atoms with Crippen LogP contribution in [0.25, 0.3) is 0 Å². The molecule has 4 aliphatic carbocycles. The van der Waals surface area contributed by atoms with Crippen molar-refractivity contribution in [2.24, 2.45) is 57.7 Å². The molecule has 0 bridgehead atoms. The Balaban J connectivity index is 1.55. The summed E-state index contributed by atoms with van der Waals surface area (Å²) in [6.45, 7) is 14.8. The Morgan fingerprint density at radius 3 is 1.90 bits per heavy atom. The Bertz CT molecular complexity index is 1170. The highest BCUT2D eigenvalue weighted by molar-refractivity contribution is 7.81. The van der Waals surface area contributed by atoms with Crippen LogP contribution >= 0.6 is 0 Å². The average Bonchev–Trinajstić information content (AvgIpc) is 3.17. The molecule has 4 aliphatic rings. The van der Waals surface area contributed by atoms with Crippen LogP contribution in [0.4, 0.5) is 0 Å². The highest BCUT2D eigenvalue weighted by atomic mass is 32.3. The van der Waals surface area contributed by atoms with E-state index in [0.717, 1.165) is 38.5 Å². The smallest absolute Gasteiger partial charge is 0.390 e. The van der Waals surface area contributed by atoms with Crippen LogP contribution in [0.2, 0.25) is 0 Å². The SMILES string of the molecule is CC(C(O)C(O)C(C)C(C)(C)C)C1CCC2C3CCC4CC(OS(=O)(=O)O)C(OS(=O)(=O)O)CC4(C)C3CCC12C. The van der Waals surface area contributed by atoms with Gasteiger partial charge in [0.05, 0.1) is 12.2 Å². The summed E-state index contributed by atoms with van der Waals surface area (Å²) in [5, 5.41) is 22.4. The first kappa shape index (κ1) is 33.6. The zero-order valence-corrected chi connectivity index (χ0v) is 27.2. The Labute approximate surface area is 246 Å². The van der Waals surface area contributed by atoms with E-state index in [0.29, 0.717) is 11.8 Å². The van der Waals surface area contributed by atoms with Gasteiger partial charge in [0.25, 0.3) is 0 Å². The van der Waals surface area contributed by atoms with E-state index < -0.39 is 45.2 Å².